The highest BCUT2D eigenvalue weighted by Gasteiger charge is 2.20. The Balaban J connectivity index is 1.68. The molecule has 3 rings (SSSR count). The lowest BCUT2D eigenvalue weighted by Crippen LogP contribution is -2.40. The van der Waals surface area contributed by atoms with Gasteiger partial charge in [-0.1, -0.05) is 6.07 Å². The fraction of sp³-hybridized carbons (Fsp3) is 0.308. The summed E-state index contributed by atoms with van der Waals surface area (Å²) in [6.07, 6.45) is 1.70. The molecule has 0 unspecified atom stereocenters. The number of aromatic nitrogens is 2. The van der Waals surface area contributed by atoms with Crippen LogP contribution in [0.3, 0.4) is 0 Å². The van der Waals surface area contributed by atoms with Gasteiger partial charge in [-0.3, -0.25) is 4.79 Å². The largest absolute Gasteiger partial charge is 0.378 e. The van der Waals surface area contributed by atoms with Gasteiger partial charge in [-0.2, -0.15) is 0 Å². The number of amides is 1. The van der Waals surface area contributed by atoms with Gasteiger partial charge in [-0.15, -0.1) is 11.3 Å². The molecule has 2 aromatic heterocycles. The van der Waals surface area contributed by atoms with Crippen molar-refractivity contribution in [2.75, 3.05) is 31.6 Å². The molecule has 2 aromatic rings. The standard InChI is InChI=1S/C13H14N4O2S/c18-12(17-5-7-19-8-6-17)10-9-20-13(15-10)16-11-3-1-2-4-14-11/h1-4,9H,5-8H2,(H,14,15,16). The number of nitrogens with zero attached hydrogens (tertiary/aromatic N) is 3. The van der Waals surface area contributed by atoms with E-state index in [1.165, 1.54) is 11.3 Å². The van der Waals surface area contributed by atoms with Crippen LogP contribution in [-0.4, -0.2) is 47.1 Å². The highest BCUT2D eigenvalue weighted by Crippen LogP contribution is 2.20. The van der Waals surface area contributed by atoms with Crippen LogP contribution in [0.1, 0.15) is 10.5 Å². The molecular formula is C13H14N4O2S. The summed E-state index contributed by atoms with van der Waals surface area (Å²) in [5.41, 5.74) is 0.468. The maximum atomic E-state index is 12.2. The number of anilines is 2. The molecule has 3 heterocycles. The van der Waals surface area contributed by atoms with E-state index >= 15 is 0 Å². The third-order valence-electron chi connectivity index (χ3n) is 2.92. The highest BCUT2D eigenvalue weighted by molar-refractivity contribution is 7.14. The number of thiazole rings is 1. The number of rotatable bonds is 3. The molecule has 0 spiro atoms. The summed E-state index contributed by atoms with van der Waals surface area (Å²) >= 11 is 1.40. The van der Waals surface area contributed by atoms with E-state index < -0.39 is 0 Å². The molecule has 6 nitrogen and oxygen atoms in total. The number of pyridine rings is 1. The third-order valence-corrected chi connectivity index (χ3v) is 3.68. The van der Waals surface area contributed by atoms with E-state index in [1.807, 2.05) is 18.2 Å². The molecule has 1 N–H and O–H groups in total. The van der Waals surface area contributed by atoms with Crippen LogP contribution in [0.2, 0.25) is 0 Å². The fourth-order valence-electron chi connectivity index (χ4n) is 1.90. The molecule has 0 aliphatic carbocycles. The molecule has 1 aliphatic heterocycles. The quantitative estimate of drug-likeness (QED) is 0.933. The first-order valence-corrected chi connectivity index (χ1v) is 7.21. The number of carbonyl (C=O) groups excluding carboxylic acids is 1. The van der Waals surface area contributed by atoms with Crippen molar-refractivity contribution in [3.05, 3.63) is 35.5 Å². The molecule has 20 heavy (non-hydrogen) atoms. The minimum atomic E-state index is -0.0429. The number of hydrogen-bond donors (Lipinski definition) is 1. The summed E-state index contributed by atoms with van der Waals surface area (Å²) in [5.74, 6) is 0.672. The smallest absolute Gasteiger partial charge is 0.273 e. The normalized spacial score (nSPS) is 15.1. The van der Waals surface area contributed by atoms with Crippen molar-refractivity contribution in [2.24, 2.45) is 0 Å². The van der Waals surface area contributed by atoms with Gasteiger partial charge in [0.25, 0.3) is 5.91 Å². The molecule has 7 heteroatoms. The Hall–Kier alpha value is -1.99. The summed E-state index contributed by atoms with van der Waals surface area (Å²) in [6.45, 7) is 2.43. The van der Waals surface area contributed by atoms with Gasteiger partial charge in [-0.05, 0) is 12.1 Å². The van der Waals surface area contributed by atoms with Crippen molar-refractivity contribution in [2.45, 2.75) is 0 Å². The van der Waals surface area contributed by atoms with Gasteiger partial charge in [-0.25, -0.2) is 9.97 Å². The van der Waals surface area contributed by atoms with E-state index in [-0.39, 0.29) is 5.91 Å². The summed E-state index contributed by atoms with van der Waals surface area (Å²) < 4.78 is 5.24. The third kappa shape index (κ3) is 2.94. The zero-order valence-corrected chi connectivity index (χ0v) is 11.6. The molecular weight excluding hydrogens is 276 g/mol. The monoisotopic (exact) mass is 290 g/mol. The van der Waals surface area contributed by atoms with Crippen LogP contribution in [0.25, 0.3) is 0 Å². The molecule has 0 atom stereocenters. The maximum absolute atomic E-state index is 12.2. The Kier molecular flexibility index (Phi) is 3.89. The van der Waals surface area contributed by atoms with E-state index in [0.29, 0.717) is 42.9 Å². The van der Waals surface area contributed by atoms with E-state index in [4.69, 9.17) is 4.74 Å². The first kappa shape index (κ1) is 13.0. The van der Waals surface area contributed by atoms with Crippen molar-refractivity contribution in [3.8, 4) is 0 Å². The van der Waals surface area contributed by atoms with Gasteiger partial charge in [0, 0.05) is 24.7 Å². The molecule has 0 aromatic carbocycles. The lowest BCUT2D eigenvalue weighted by atomic mass is 10.3. The highest BCUT2D eigenvalue weighted by atomic mass is 32.1. The Bertz CT molecular complexity index is 581. The average molecular weight is 290 g/mol. The predicted octanol–water partition coefficient (Wildman–Crippen LogP) is 1.75. The van der Waals surface area contributed by atoms with Gasteiger partial charge >= 0.3 is 0 Å². The zero-order chi connectivity index (χ0) is 13.8. The number of carbonyl (C=O) groups is 1. The van der Waals surface area contributed by atoms with Gasteiger partial charge in [0.2, 0.25) is 0 Å². The molecule has 0 saturated carbocycles. The minimum Gasteiger partial charge on any atom is -0.378 e. The first-order chi connectivity index (χ1) is 9.83. The summed E-state index contributed by atoms with van der Waals surface area (Å²) in [4.78, 5) is 22.5. The summed E-state index contributed by atoms with van der Waals surface area (Å²) in [7, 11) is 0. The second-order valence-electron chi connectivity index (χ2n) is 4.28. The molecule has 0 bridgehead atoms. The Labute approximate surface area is 120 Å². The maximum Gasteiger partial charge on any atom is 0.273 e. The van der Waals surface area contributed by atoms with Crippen LogP contribution in [0.15, 0.2) is 29.8 Å². The van der Waals surface area contributed by atoms with Crippen LogP contribution < -0.4 is 5.32 Å². The van der Waals surface area contributed by atoms with E-state index in [9.17, 15) is 4.79 Å². The van der Waals surface area contributed by atoms with E-state index in [0.717, 1.165) is 0 Å². The average Bonchev–Trinajstić information content (AvgIpc) is 2.97. The Morgan fingerprint density at radius 2 is 2.20 bits per heavy atom. The molecule has 1 aliphatic rings. The SMILES string of the molecule is O=C(c1csc(Nc2ccccn2)n1)N1CCOCC1. The van der Waals surface area contributed by atoms with Crippen molar-refractivity contribution in [3.63, 3.8) is 0 Å². The van der Waals surface area contributed by atoms with Gasteiger partial charge in [0.15, 0.2) is 5.13 Å². The summed E-state index contributed by atoms with van der Waals surface area (Å²) in [5, 5.41) is 5.52. The number of hydrogen-bond acceptors (Lipinski definition) is 6. The van der Waals surface area contributed by atoms with Crippen LogP contribution in [0, 0.1) is 0 Å². The van der Waals surface area contributed by atoms with Crippen molar-refractivity contribution in [1.29, 1.82) is 0 Å². The minimum absolute atomic E-state index is 0.0429. The van der Waals surface area contributed by atoms with Crippen molar-refractivity contribution < 1.29 is 9.53 Å². The second-order valence-corrected chi connectivity index (χ2v) is 5.14. The topological polar surface area (TPSA) is 67.4 Å². The van der Waals surface area contributed by atoms with Gasteiger partial charge in [0.1, 0.15) is 11.5 Å². The van der Waals surface area contributed by atoms with Crippen molar-refractivity contribution in [1.82, 2.24) is 14.9 Å². The van der Waals surface area contributed by atoms with Crippen LogP contribution in [-0.2, 0) is 4.74 Å². The number of ether oxygens (including phenoxy) is 1. The number of nitrogens with one attached hydrogen (secondary N) is 1. The van der Waals surface area contributed by atoms with E-state index in [2.05, 4.69) is 15.3 Å². The zero-order valence-electron chi connectivity index (χ0n) is 10.8. The Morgan fingerprint density at radius 3 is 2.95 bits per heavy atom. The number of morpholine rings is 1. The fourth-order valence-corrected chi connectivity index (χ4v) is 2.60. The van der Waals surface area contributed by atoms with Gasteiger partial charge < -0.3 is 15.0 Å². The molecule has 1 fully saturated rings. The lowest BCUT2D eigenvalue weighted by molar-refractivity contribution is 0.0299. The molecule has 1 amide bonds. The predicted molar refractivity (Wildman–Crippen MR) is 76.4 cm³/mol. The first-order valence-electron chi connectivity index (χ1n) is 6.33. The van der Waals surface area contributed by atoms with E-state index in [1.54, 1.807) is 16.5 Å². The summed E-state index contributed by atoms with van der Waals surface area (Å²) in [6, 6.07) is 5.59. The second kappa shape index (κ2) is 5.98. The molecule has 104 valence electrons. The van der Waals surface area contributed by atoms with Crippen molar-refractivity contribution >= 4 is 28.2 Å². The van der Waals surface area contributed by atoms with Crippen LogP contribution in [0.5, 0.6) is 0 Å². The molecule has 0 radical (unpaired) electrons. The van der Waals surface area contributed by atoms with Gasteiger partial charge in [0.05, 0.1) is 13.2 Å². The lowest BCUT2D eigenvalue weighted by Gasteiger charge is -2.25. The Morgan fingerprint density at radius 1 is 1.35 bits per heavy atom. The van der Waals surface area contributed by atoms with Crippen LogP contribution >= 0.6 is 11.3 Å². The van der Waals surface area contributed by atoms with Crippen LogP contribution in [0.4, 0.5) is 10.9 Å². The molecule has 1 saturated heterocycles.